The van der Waals surface area contributed by atoms with Crippen molar-refractivity contribution >= 4 is 0 Å². The van der Waals surface area contributed by atoms with Crippen molar-refractivity contribution in [1.82, 2.24) is 0 Å². The minimum atomic E-state index is -0.804. The fourth-order valence-corrected chi connectivity index (χ4v) is 7.26. The van der Waals surface area contributed by atoms with Crippen LogP contribution in [0.15, 0.2) is 0 Å². The molecular weight excluding hydrogens is 260 g/mol. The Balaban J connectivity index is 1.72. The van der Waals surface area contributed by atoms with Crippen molar-refractivity contribution in [1.29, 1.82) is 0 Å². The van der Waals surface area contributed by atoms with Crippen LogP contribution in [0.3, 0.4) is 0 Å². The summed E-state index contributed by atoms with van der Waals surface area (Å²) in [5, 5.41) is 22.2. The first kappa shape index (κ1) is 14.5. The van der Waals surface area contributed by atoms with Crippen LogP contribution in [-0.4, -0.2) is 21.9 Å². The topological polar surface area (TPSA) is 40.5 Å². The van der Waals surface area contributed by atoms with Gasteiger partial charge in [0.2, 0.25) is 0 Å². The summed E-state index contributed by atoms with van der Waals surface area (Å²) in [7, 11) is 0. The highest BCUT2D eigenvalue weighted by molar-refractivity contribution is 5.17. The normalized spacial score (nSPS) is 60.0. The van der Waals surface area contributed by atoms with Gasteiger partial charge >= 0.3 is 0 Å². The Morgan fingerprint density at radius 2 is 1.57 bits per heavy atom. The first-order chi connectivity index (χ1) is 9.92. The van der Waals surface area contributed by atoms with E-state index in [0.717, 1.165) is 31.6 Å². The molecule has 0 aromatic rings. The number of hydrogen-bond acceptors (Lipinski definition) is 2. The van der Waals surface area contributed by atoms with Gasteiger partial charge in [-0.1, -0.05) is 26.7 Å². The van der Waals surface area contributed by atoms with E-state index in [1.54, 1.807) is 0 Å². The van der Waals surface area contributed by atoms with Crippen LogP contribution in [0.2, 0.25) is 0 Å². The van der Waals surface area contributed by atoms with Crippen LogP contribution in [0.1, 0.15) is 78.1 Å². The second-order valence-corrected chi connectivity index (χ2v) is 9.22. The number of fused-ring (bicyclic) bond motifs is 5. The highest BCUT2D eigenvalue weighted by atomic mass is 16.3. The highest BCUT2D eigenvalue weighted by Crippen LogP contribution is 2.67. The zero-order valence-corrected chi connectivity index (χ0v) is 13.8. The molecule has 2 N–H and O–H groups in total. The lowest BCUT2D eigenvalue weighted by atomic mass is 9.44. The first-order valence-electron chi connectivity index (χ1n) is 9.32. The average Bonchev–Trinajstić information content (AvgIpc) is 2.71. The Hall–Kier alpha value is -0.0800. The molecule has 7 atom stereocenters. The molecule has 2 nitrogen and oxygen atoms in total. The molecule has 0 radical (unpaired) electrons. The van der Waals surface area contributed by atoms with Crippen molar-refractivity contribution in [2.24, 2.45) is 28.6 Å². The lowest BCUT2D eigenvalue weighted by Crippen LogP contribution is -2.64. The molecule has 4 saturated carbocycles. The average molecular weight is 292 g/mol. The number of rotatable bonds is 0. The summed E-state index contributed by atoms with van der Waals surface area (Å²) in [6.45, 7) is 4.76. The van der Waals surface area contributed by atoms with Crippen molar-refractivity contribution in [2.75, 3.05) is 0 Å². The molecule has 4 aliphatic rings. The fourth-order valence-electron chi connectivity index (χ4n) is 7.26. The molecule has 0 amide bonds. The summed E-state index contributed by atoms with van der Waals surface area (Å²) < 4.78 is 0. The van der Waals surface area contributed by atoms with Gasteiger partial charge in [0, 0.05) is 0 Å². The summed E-state index contributed by atoms with van der Waals surface area (Å²) in [6, 6.07) is 0. The van der Waals surface area contributed by atoms with Gasteiger partial charge in [0.05, 0.1) is 11.7 Å². The Morgan fingerprint density at radius 3 is 2.38 bits per heavy atom. The Morgan fingerprint density at radius 1 is 0.810 bits per heavy atom. The van der Waals surface area contributed by atoms with E-state index in [4.69, 9.17) is 0 Å². The molecular formula is C19H32O2. The lowest BCUT2D eigenvalue weighted by molar-refractivity contribution is -0.228. The second-order valence-electron chi connectivity index (χ2n) is 9.22. The van der Waals surface area contributed by atoms with E-state index in [2.05, 4.69) is 13.8 Å². The van der Waals surface area contributed by atoms with Gasteiger partial charge in [-0.25, -0.2) is 0 Å². The van der Waals surface area contributed by atoms with Crippen LogP contribution in [0.5, 0.6) is 0 Å². The first-order valence-corrected chi connectivity index (χ1v) is 9.32. The molecule has 0 heterocycles. The quantitative estimate of drug-likeness (QED) is 0.711. The van der Waals surface area contributed by atoms with Crippen LogP contribution >= 0.6 is 0 Å². The van der Waals surface area contributed by atoms with Gasteiger partial charge in [0.1, 0.15) is 0 Å². The van der Waals surface area contributed by atoms with E-state index >= 15 is 0 Å². The highest BCUT2D eigenvalue weighted by Gasteiger charge is 2.67. The Kier molecular flexibility index (Phi) is 3.09. The van der Waals surface area contributed by atoms with Crippen LogP contribution in [0.4, 0.5) is 0 Å². The maximum absolute atomic E-state index is 11.6. The molecule has 0 bridgehead atoms. The van der Waals surface area contributed by atoms with Gasteiger partial charge in [0.15, 0.2) is 0 Å². The Bertz CT molecular complexity index is 435. The van der Waals surface area contributed by atoms with Crippen LogP contribution < -0.4 is 0 Å². The van der Waals surface area contributed by atoms with E-state index in [9.17, 15) is 10.2 Å². The molecule has 120 valence electrons. The summed E-state index contributed by atoms with van der Waals surface area (Å²) in [5.41, 5.74) is -0.409. The van der Waals surface area contributed by atoms with Crippen LogP contribution in [0.25, 0.3) is 0 Å². The van der Waals surface area contributed by atoms with E-state index in [1.165, 1.54) is 38.5 Å². The minimum absolute atomic E-state index is 0.0363. The maximum atomic E-state index is 11.6. The largest absolute Gasteiger partial charge is 0.390 e. The maximum Gasteiger partial charge on any atom is 0.0989 e. The number of hydrogen-bond donors (Lipinski definition) is 2. The summed E-state index contributed by atoms with van der Waals surface area (Å²) >= 11 is 0. The van der Waals surface area contributed by atoms with Crippen molar-refractivity contribution in [3.8, 4) is 0 Å². The molecule has 0 aromatic heterocycles. The fraction of sp³-hybridized carbons (Fsp3) is 1.00. The molecule has 4 rings (SSSR count). The van der Waals surface area contributed by atoms with Gasteiger partial charge < -0.3 is 10.2 Å². The molecule has 0 aliphatic heterocycles. The summed E-state index contributed by atoms with van der Waals surface area (Å²) in [6.07, 6.45) is 11.7. The van der Waals surface area contributed by atoms with Crippen molar-refractivity contribution in [3.05, 3.63) is 0 Å². The third-order valence-corrected chi connectivity index (χ3v) is 8.63. The van der Waals surface area contributed by atoms with Crippen molar-refractivity contribution in [3.63, 3.8) is 0 Å². The molecule has 0 spiro atoms. The van der Waals surface area contributed by atoms with Gasteiger partial charge in [-0.15, -0.1) is 0 Å². The van der Waals surface area contributed by atoms with Gasteiger partial charge in [-0.3, -0.25) is 0 Å². The standard InChI is InChI=1S/C19H32O2/c1-17-11-8-14-15(19(17,21)16(20)9-12-17)7-6-13-5-3-4-10-18(13,14)2/h13-16,20-21H,3-12H2,1-2H3/t13-,14+,15-,16+,17-,18+,19+/m1/s1. The third kappa shape index (κ3) is 1.67. The molecule has 21 heavy (non-hydrogen) atoms. The molecule has 4 aliphatic carbocycles. The van der Waals surface area contributed by atoms with Gasteiger partial charge in [-0.2, -0.15) is 0 Å². The SMILES string of the molecule is C[C@]12CCCC[C@@H]1CC[C@@H]1[C@@H]2CC[C@]2(C)CC[C@H](O)[C@@]12O. The van der Waals surface area contributed by atoms with Crippen LogP contribution in [0, 0.1) is 28.6 Å². The predicted octanol–water partition coefficient (Wildman–Crippen LogP) is 3.90. The molecule has 0 unspecified atom stereocenters. The van der Waals surface area contributed by atoms with Crippen molar-refractivity contribution in [2.45, 2.75) is 89.8 Å². The summed E-state index contributed by atoms with van der Waals surface area (Å²) in [4.78, 5) is 0. The third-order valence-electron chi connectivity index (χ3n) is 8.63. The monoisotopic (exact) mass is 292 g/mol. The van der Waals surface area contributed by atoms with Crippen LogP contribution in [-0.2, 0) is 0 Å². The van der Waals surface area contributed by atoms with E-state index in [-0.39, 0.29) is 5.41 Å². The molecule has 4 fully saturated rings. The number of aliphatic hydroxyl groups excluding tert-OH is 1. The van der Waals surface area contributed by atoms with E-state index in [1.807, 2.05) is 0 Å². The molecule has 0 aromatic carbocycles. The zero-order valence-electron chi connectivity index (χ0n) is 13.8. The van der Waals surface area contributed by atoms with Gasteiger partial charge in [0.25, 0.3) is 0 Å². The number of aliphatic hydroxyl groups is 2. The van der Waals surface area contributed by atoms with Gasteiger partial charge in [-0.05, 0) is 80.0 Å². The second kappa shape index (κ2) is 4.47. The Labute approximate surface area is 129 Å². The lowest BCUT2D eigenvalue weighted by Gasteiger charge is -2.63. The van der Waals surface area contributed by atoms with Crippen molar-refractivity contribution < 1.29 is 10.2 Å². The molecule has 0 saturated heterocycles. The van der Waals surface area contributed by atoms with E-state index in [0.29, 0.717) is 17.3 Å². The smallest absolute Gasteiger partial charge is 0.0989 e. The summed E-state index contributed by atoms with van der Waals surface area (Å²) in [5.74, 6) is 1.86. The zero-order chi connectivity index (χ0) is 14.9. The molecule has 2 heteroatoms. The predicted molar refractivity (Wildman–Crippen MR) is 83.8 cm³/mol. The van der Waals surface area contributed by atoms with E-state index < -0.39 is 11.7 Å². The minimum Gasteiger partial charge on any atom is -0.390 e.